The Balaban J connectivity index is 2.50. The number of ketones is 1. The van der Waals surface area contributed by atoms with Gasteiger partial charge in [0.25, 0.3) is 0 Å². The summed E-state index contributed by atoms with van der Waals surface area (Å²) in [6.45, 7) is 2.99. The van der Waals surface area contributed by atoms with Crippen molar-refractivity contribution in [2.45, 2.75) is 23.9 Å². The minimum absolute atomic E-state index is 0.234. The lowest BCUT2D eigenvalue weighted by Crippen LogP contribution is -2.12. The quantitative estimate of drug-likeness (QED) is 0.873. The molecular weight excluding hydrogens is 269 g/mol. The predicted molar refractivity (Wildman–Crippen MR) is 69.1 cm³/mol. The van der Waals surface area contributed by atoms with Gasteiger partial charge in [0.15, 0.2) is 10.9 Å². The third kappa shape index (κ3) is 2.60. The molecule has 2 rings (SSSR count). The van der Waals surface area contributed by atoms with Gasteiger partial charge < -0.3 is 0 Å². The monoisotopic (exact) mass is 281 g/mol. The zero-order valence-electron chi connectivity index (χ0n) is 10.7. The van der Waals surface area contributed by atoms with E-state index < -0.39 is 5.82 Å². The Morgan fingerprint density at radius 1 is 1.47 bits per heavy atom. The second-order valence-corrected chi connectivity index (χ2v) is 5.14. The van der Waals surface area contributed by atoms with E-state index in [4.69, 9.17) is 0 Å². The van der Waals surface area contributed by atoms with Gasteiger partial charge >= 0.3 is 5.69 Å². The number of aryl methyl sites for hydroxylation is 1. The van der Waals surface area contributed by atoms with Gasteiger partial charge in [-0.1, -0.05) is 0 Å². The van der Waals surface area contributed by atoms with Gasteiger partial charge in [-0.15, -0.1) is 5.10 Å². The van der Waals surface area contributed by atoms with Crippen LogP contribution in [0.4, 0.5) is 4.39 Å². The van der Waals surface area contributed by atoms with Gasteiger partial charge in [-0.2, -0.15) is 0 Å². The topological polar surface area (TPSA) is 67.8 Å². The maximum absolute atomic E-state index is 13.5. The number of nitrogens with one attached hydrogen (secondary N) is 1. The van der Waals surface area contributed by atoms with Crippen LogP contribution in [0.1, 0.15) is 22.8 Å². The van der Waals surface area contributed by atoms with Crippen molar-refractivity contribution in [3.8, 4) is 0 Å². The Morgan fingerprint density at radius 3 is 2.68 bits per heavy atom. The lowest BCUT2D eigenvalue weighted by molar-refractivity contribution is 0.101. The molecule has 1 aromatic carbocycles. The highest BCUT2D eigenvalue weighted by Gasteiger charge is 2.15. The van der Waals surface area contributed by atoms with Gasteiger partial charge in [0.05, 0.1) is 0 Å². The van der Waals surface area contributed by atoms with E-state index in [-0.39, 0.29) is 17.0 Å². The second-order valence-electron chi connectivity index (χ2n) is 4.13. The number of hydrogen-bond acceptors (Lipinski definition) is 4. The number of carbonyl (C=O) groups excluding carboxylic acids is 1. The summed E-state index contributed by atoms with van der Waals surface area (Å²) in [4.78, 5) is 23.4. The van der Waals surface area contributed by atoms with Crippen LogP contribution >= 0.6 is 11.8 Å². The van der Waals surface area contributed by atoms with E-state index >= 15 is 0 Å². The highest BCUT2D eigenvalue weighted by molar-refractivity contribution is 7.99. The van der Waals surface area contributed by atoms with Crippen LogP contribution in [0.15, 0.2) is 27.0 Å². The predicted octanol–water partition coefficient (Wildman–Crippen LogP) is 1.91. The Labute approximate surface area is 112 Å². The summed E-state index contributed by atoms with van der Waals surface area (Å²) in [7, 11) is 1.57. The summed E-state index contributed by atoms with van der Waals surface area (Å²) in [5.41, 5.74) is 0.377. The molecule has 0 spiro atoms. The molecule has 2 aromatic rings. The number of rotatable bonds is 3. The van der Waals surface area contributed by atoms with Gasteiger partial charge in [-0.25, -0.2) is 14.3 Å². The minimum atomic E-state index is -0.425. The van der Waals surface area contributed by atoms with Crippen LogP contribution in [-0.4, -0.2) is 20.5 Å². The molecule has 0 amide bonds. The van der Waals surface area contributed by atoms with Crippen molar-refractivity contribution in [1.29, 1.82) is 0 Å². The van der Waals surface area contributed by atoms with E-state index in [0.717, 1.165) is 11.8 Å². The third-order valence-electron chi connectivity index (χ3n) is 2.68. The van der Waals surface area contributed by atoms with Crippen molar-refractivity contribution in [2.75, 3.05) is 0 Å². The molecule has 0 bridgehead atoms. The molecule has 1 N–H and O–H groups in total. The van der Waals surface area contributed by atoms with E-state index in [0.29, 0.717) is 15.6 Å². The molecule has 100 valence electrons. The van der Waals surface area contributed by atoms with Crippen molar-refractivity contribution >= 4 is 17.5 Å². The summed E-state index contributed by atoms with van der Waals surface area (Å²) in [5.74, 6) is -0.660. The fourth-order valence-corrected chi connectivity index (χ4v) is 2.59. The maximum atomic E-state index is 13.5. The van der Waals surface area contributed by atoms with E-state index in [1.54, 1.807) is 20.0 Å². The average molecular weight is 281 g/mol. The SMILES string of the molecule is CC(=O)c1cc(F)c(C)cc1Sc1n[nH]c(=O)n1C. The molecule has 1 aromatic heterocycles. The summed E-state index contributed by atoms with van der Waals surface area (Å²) < 4.78 is 14.8. The van der Waals surface area contributed by atoms with Crippen LogP contribution in [-0.2, 0) is 7.05 Å². The van der Waals surface area contributed by atoms with E-state index in [1.165, 1.54) is 17.6 Å². The molecule has 0 aliphatic rings. The standard InChI is InChI=1S/C12H12FN3O2S/c1-6-4-10(8(7(2)17)5-9(6)13)19-12-15-14-11(18)16(12)3/h4-5H,1-3H3,(H,14,18). The maximum Gasteiger partial charge on any atom is 0.343 e. The Morgan fingerprint density at radius 2 is 2.16 bits per heavy atom. The highest BCUT2D eigenvalue weighted by atomic mass is 32.2. The number of halogens is 1. The lowest BCUT2D eigenvalue weighted by Gasteiger charge is -2.08. The van der Waals surface area contributed by atoms with Gasteiger partial charge in [0.1, 0.15) is 5.82 Å². The zero-order valence-corrected chi connectivity index (χ0v) is 11.5. The molecule has 19 heavy (non-hydrogen) atoms. The first-order valence-corrected chi connectivity index (χ1v) is 6.32. The molecule has 0 unspecified atom stereocenters. The van der Waals surface area contributed by atoms with Crippen LogP contribution in [0, 0.1) is 12.7 Å². The molecule has 0 aliphatic heterocycles. The molecular formula is C12H12FN3O2S. The largest absolute Gasteiger partial charge is 0.343 e. The van der Waals surface area contributed by atoms with Crippen LogP contribution in [0.25, 0.3) is 0 Å². The number of benzene rings is 1. The van der Waals surface area contributed by atoms with Gasteiger partial charge in [0.2, 0.25) is 0 Å². The van der Waals surface area contributed by atoms with Gasteiger partial charge in [-0.05, 0) is 43.3 Å². The number of hydrogen-bond donors (Lipinski definition) is 1. The Hall–Kier alpha value is -1.89. The van der Waals surface area contributed by atoms with Crippen molar-refractivity contribution < 1.29 is 9.18 Å². The summed E-state index contributed by atoms with van der Waals surface area (Å²) >= 11 is 1.15. The van der Waals surface area contributed by atoms with Crippen LogP contribution in [0.2, 0.25) is 0 Å². The summed E-state index contributed by atoms with van der Waals surface area (Å²) in [6.07, 6.45) is 0. The molecule has 0 fully saturated rings. The number of nitrogens with zero attached hydrogens (tertiary/aromatic N) is 2. The minimum Gasteiger partial charge on any atom is -0.294 e. The van der Waals surface area contributed by atoms with Crippen LogP contribution in [0.5, 0.6) is 0 Å². The van der Waals surface area contributed by atoms with Gasteiger partial charge in [0, 0.05) is 17.5 Å². The number of H-pyrrole nitrogens is 1. The summed E-state index contributed by atoms with van der Waals surface area (Å²) in [6, 6.07) is 2.79. The smallest absolute Gasteiger partial charge is 0.294 e. The Bertz CT molecular complexity index is 705. The fraction of sp³-hybridized carbons (Fsp3) is 0.250. The average Bonchev–Trinajstić information content (AvgIpc) is 2.65. The van der Waals surface area contributed by atoms with Crippen molar-refractivity contribution in [2.24, 2.45) is 7.05 Å². The normalized spacial score (nSPS) is 10.7. The number of aromatic nitrogens is 3. The molecule has 1 heterocycles. The van der Waals surface area contributed by atoms with Crippen molar-refractivity contribution in [3.05, 3.63) is 39.6 Å². The number of Topliss-reactive ketones (excluding diaryl/α,β-unsaturated/α-hetero) is 1. The highest BCUT2D eigenvalue weighted by Crippen LogP contribution is 2.30. The third-order valence-corrected chi connectivity index (χ3v) is 3.79. The van der Waals surface area contributed by atoms with Gasteiger partial charge in [-0.3, -0.25) is 9.36 Å². The molecule has 0 atom stereocenters. The second kappa shape index (κ2) is 5.00. The molecule has 5 nitrogen and oxygen atoms in total. The lowest BCUT2D eigenvalue weighted by atomic mass is 10.1. The van der Waals surface area contributed by atoms with Crippen molar-refractivity contribution in [1.82, 2.24) is 14.8 Å². The van der Waals surface area contributed by atoms with Crippen LogP contribution < -0.4 is 5.69 Å². The molecule has 0 saturated heterocycles. The van der Waals surface area contributed by atoms with Crippen LogP contribution in [0.3, 0.4) is 0 Å². The first kappa shape index (κ1) is 13.5. The first-order chi connectivity index (χ1) is 8.90. The molecule has 7 heteroatoms. The Kier molecular flexibility index (Phi) is 3.57. The molecule has 0 aliphatic carbocycles. The van der Waals surface area contributed by atoms with E-state index in [2.05, 4.69) is 10.2 Å². The van der Waals surface area contributed by atoms with E-state index in [1.807, 2.05) is 0 Å². The number of aromatic amines is 1. The number of carbonyl (C=O) groups is 1. The first-order valence-electron chi connectivity index (χ1n) is 5.50. The molecule has 0 saturated carbocycles. The van der Waals surface area contributed by atoms with Crippen molar-refractivity contribution in [3.63, 3.8) is 0 Å². The van der Waals surface area contributed by atoms with E-state index in [9.17, 15) is 14.0 Å². The fourth-order valence-electron chi connectivity index (χ4n) is 1.54. The molecule has 0 radical (unpaired) electrons. The zero-order chi connectivity index (χ0) is 14.2. The summed E-state index contributed by atoms with van der Waals surface area (Å²) in [5, 5.41) is 6.57.